The van der Waals surface area contributed by atoms with E-state index in [1.165, 1.54) is 7.11 Å². The molecule has 7 nitrogen and oxygen atoms in total. The summed E-state index contributed by atoms with van der Waals surface area (Å²) in [6.45, 7) is 0. The number of amides is 1. The third-order valence-corrected chi connectivity index (χ3v) is 4.18. The molecule has 1 aromatic heterocycles. The van der Waals surface area contributed by atoms with Crippen molar-refractivity contribution >= 4 is 34.4 Å². The van der Waals surface area contributed by atoms with Gasteiger partial charge in [-0.1, -0.05) is 18.2 Å². The number of nitrogens with one attached hydrogen (secondary N) is 2. The molecule has 2 N–H and O–H groups in total. The van der Waals surface area contributed by atoms with Gasteiger partial charge in [0.2, 0.25) is 5.91 Å². The molecule has 0 aliphatic rings. The maximum Gasteiger partial charge on any atom is 0.328 e. The predicted octanol–water partition coefficient (Wildman–Crippen LogP) is 0.876. The van der Waals surface area contributed by atoms with Crippen molar-refractivity contribution in [1.29, 1.82) is 0 Å². The van der Waals surface area contributed by atoms with Gasteiger partial charge in [0.05, 0.1) is 24.6 Å². The molecule has 0 saturated heterocycles. The second-order valence-electron chi connectivity index (χ2n) is 5.15. The van der Waals surface area contributed by atoms with E-state index < -0.39 is 12.0 Å². The number of aromatic nitrogens is 2. The number of methoxy groups -OCH3 is 1. The van der Waals surface area contributed by atoms with Gasteiger partial charge in [0.1, 0.15) is 6.04 Å². The number of rotatable bonds is 7. The lowest BCUT2D eigenvalue weighted by Gasteiger charge is -2.16. The number of hydrogen-bond acceptors (Lipinski definition) is 6. The molecule has 24 heavy (non-hydrogen) atoms. The van der Waals surface area contributed by atoms with Crippen molar-refractivity contribution in [3.05, 3.63) is 40.3 Å². The minimum absolute atomic E-state index is 0.0376. The molecule has 0 spiro atoms. The smallest absolute Gasteiger partial charge is 0.328 e. The van der Waals surface area contributed by atoms with Crippen molar-refractivity contribution in [3.63, 3.8) is 0 Å². The van der Waals surface area contributed by atoms with Crippen LogP contribution in [0.5, 0.6) is 0 Å². The van der Waals surface area contributed by atoms with Crippen LogP contribution in [0.4, 0.5) is 0 Å². The molecule has 1 heterocycles. The monoisotopic (exact) mass is 349 g/mol. The summed E-state index contributed by atoms with van der Waals surface area (Å²) in [5.74, 6) is -0.104. The topological polar surface area (TPSA) is 101 Å². The largest absolute Gasteiger partial charge is 0.467 e. The molecule has 0 radical (unpaired) electrons. The van der Waals surface area contributed by atoms with Gasteiger partial charge in [0.15, 0.2) is 0 Å². The number of ether oxygens (including phenoxy) is 1. The summed E-state index contributed by atoms with van der Waals surface area (Å²) >= 11 is 1.58. The van der Waals surface area contributed by atoms with Crippen molar-refractivity contribution in [2.45, 2.75) is 18.9 Å². The first-order chi connectivity index (χ1) is 11.6. The molecule has 1 aromatic carbocycles. The minimum Gasteiger partial charge on any atom is -0.467 e. The molecule has 1 atom stereocenters. The van der Waals surface area contributed by atoms with Crippen LogP contribution in [0.25, 0.3) is 10.8 Å². The fourth-order valence-electron chi connectivity index (χ4n) is 2.33. The third kappa shape index (κ3) is 4.35. The van der Waals surface area contributed by atoms with Gasteiger partial charge in [-0.25, -0.2) is 9.89 Å². The molecular formula is C16H19N3O4S. The standard InChI is InChI=1S/C16H19N3O4S/c1-23-16(22)12(7-8-24-2)17-14(20)9-13-10-5-3-4-6-11(10)15(21)19-18-13/h3-6,12H,7-9H2,1-2H3,(H,17,20)(H,19,21). The van der Waals surface area contributed by atoms with Crippen LogP contribution in [0.3, 0.4) is 0 Å². The minimum atomic E-state index is -0.691. The van der Waals surface area contributed by atoms with E-state index in [4.69, 9.17) is 4.74 Å². The van der Waals surface area contributed by atoms with Crippen molar-refractivity contribution in [2.75, 3.05) is 19.1 Å². The molecule has 1 amide bonds. The number of benzene rings is 1. The predicted molar refractivity (Wildman–Crippen MR) is 93.0 cm³/mol. The summed E-state index contributed by atoms with van der Waals surface area (Å²) in [7, 11) is 1.29. The van der Waals surface area contributed by atoms with E-state index in [2.05, 4.69) is 15.5 Å². The van der Waals surface area contributed by atoms with Gasteiger partial charge in [0, 0.05) is 5.39 Å². The quantitative estimate of drug-likeness (QED) is 0.720. The zero-order valence-electron chi connectivity index (χ0n) is 13.5. The summed E-state index contributed by atoms with van der Waals surface area (Å²) in [4.78, 5) is 35.8. The molecule has 2 aromatic rings. The van der Waals surface area contributed by atoms with E-state index in [-0.39, 0.29) is 17.9 Å². The van der Waals surface area contributed by atoms with E-state index in [1.54, 1.807) is 36.0 Å². The Morgan fingerprint density at radius 3 is 2.71 bits per heavy atom. The van der Waals surface area contributed by atoms with Crippen LogP contribution in [-0.4, -0.2) is 47.2 Å². The van der Waals surface area contributed by atoms with Crippen LogP contribution in [-0.2, 0) is 20.7 Å². The van der Waals surface area contributed by atoms with Crippen LogP contribution in [0.1, 0.15) is 12.1 Å². The highest BCUT2D eigenvalue weighted by Crippen LogP contribution is 2.13. The molecule has 0 aliphatic heterocycles. The van der Waals surface area contributed by atoms with Crippen LogP contribution >= 0.6 is 11.8 Å². The third-order valence-electron chi connectivity index (χ3n) is 3.53. The highest BCUT2D eigenvalue weighted by Gasteiger charge is 2.21. The maximum absolute atomic E-state index is 12.3. The summed E-state index contributed by atoms with van der Waals surface area (Å²) in [6, 6.07) is 6.25. The van der Waals surface area contributed by atoms with E-state index >= 15 is 0 Å². The van der Waals surface area contributed by atoms with Gasteiger partial charge in [0.25, 0.3) is 5.56 Å². The molecular weight excluding hydrogens is 330 g/mol. The molecule has 2 rings (SSSR count). The Morgan fingerprint density at radius 1 is 1.33 bits per heavy atom. The first kappa shape index (κ1) is 18.0. The van der Waals surface area contributed by atoms with E-state index in [1.807, 2.05) is 6.26 Å². The van der Waals surface area contributed by atoms with Gasteiger partial charge in [-0.05, 0) is 24.5 Å². The summed E-state index contributed by atoms with van der Waals surface area (Å²) in [6.07, 6.45) is 2.37. The zero-order valence-corrected chi connectivity index (χ0v) is 14.3. The lowest BCUT2D eigenvalue weighted by atomic mass is 10.1. The lowest BCUT2D eigenvalue weighted by Crippen LogP contribution is -2.42. The molecule has 1 unspecified atom stereocenters. The number of H-pyrrole nitrogens is 1. The van der Waals surface area contributed by atoms with E-state index in [9.17, 15) is 14.4 Å². The first-order valence-corrected chi connectivity index (χ1v) is 8.78. The van der Waals surface area contributed by atoms with Crippen LogP contribution in [0.2, 0.25) is 0 Å². The molecule has 0 saturated carbocycles. The maximum atomic E-state index is 12.3. The summed E-state index contributed by atoms with van der Waals surface area (Å²) in [5, 5.41) is 10.1. The Labute approximate surface area is 143 Å². The summed E-state index contributed by atoms with van der Waals surface area (Å²) < 4.78 is 4.72. The fraction of sp³-hybridized carbons (Fsp3) is 0.375. The Kier molecular flexibility index (Phi) is 6.36. The second-order valence-corrected chi connectivity index (χ2v) is 6.13. The zero-order chi connectivity index (χ0) is 17.5. The van der Waals surface area contributed by atoms with Crippen molar-refractivity contribution < 1.29 is 14.3 Å². The molecule has 0 aliphatic carbocycles. The normalized spacial score (nSPS) is 11.9. The van der Waals surface area contributed by atoms with E-state index in [0.29, 0.717) is 22.9 Å². The van der Waals surface area contributed by atoms with Gasteiger partial charge >= 0.3 is 5.97 Å². The number of fused-ring (bicyclic) bond motifs is 1. The first-order valence-electron chi connectivity index (χ1n) is 7.39. The van der Waals surface area contributed by atoms with Gasteiger partial charge in [-0.15, -0.1) is 0 Å². The molecule has 0 bridgehead atoms. The average molecular weight is 349 g/mol. The fourth-order valence-corrected chi connectivity index (χ4v) is 2.80. The number of esters is 1. The number of hydrogen-bond donors (Lipinski definition) is 2. The van der Waals surface area contributed by atoms with Crippen LogP contribution in [0.15, 0.2) is 29.1 Å². The highest BCUT2D eigenvalue weighted by atomic mass is 32.2. The highest BCUT2D eigenvalue weighted by molar-refractivity contribution is 7.98. The van der Waals surface area contributed by atoms with Crippen LogP contribution in [0, 0.1) is 0 Å². The number of thioether (sulfide) groups is 1. The Hall–Kier alpha value is -2.35. The Morgan fingerprint density at radius 2 is 2.04 bits per heavy atom. The summed E-state index contributed by atoms with van der Waals surface area (Å²) in [5.41, 5.74) is 0.151. The van der Waals surface area contributed by atoms with Gasteiger partial charge in [-0.2, -0.15) is 16.9 Å². The molecule has 0 fully saturated rings. The number of aromatic amines is 1. The van der Waals surface area contributed by atoms with Crippen molar-refractivity contribution in [2.24, 2.45) is 0 Å². The van der Waals surface area contributed by atoms with Gasteiger partial charge < -0.3 is 10.1 Å². The Bertz CT molecular complexity index is 790. The lowest BCUT2D eigenvalue weighted by molar-refractivity contribution is -0.145. The average Bonchev–Trinajstić information content (AvgIpc) is 2.60. The number of nitrogens with zero attached hydrogens (tertiary/aromatic N) is 1. The van der Waals surface area contributed by atoms with E-state index in [0.717, 1.165) is 5.75 Å². The molecule has 8 heteroatoms. The van der Waals surface area contributed by atoms with Gasteiger partial charge in [-0.3, -0.25) is 9.59 Å². The second kappa shape index (κ2) is 8.49. The molecule has 128 valence electrons. The Balaban J connectivity index is 2.15. The van der Waals surface area contributed by atoms with Crippen molar-refractivity contribution in [3.8, 4) is 0 Å². The number of carbonyl (C=O) groups is 2. The van der Waals surface area contributed by atoms with Crippen LogP contribution < -0.4 is 10.9 Å². The van der Waals surface area contributed by atoms with Crippen molar-refractivity contribution in [1.82, 2.24) is 15.5 Å². The SMILES string of the molecule is COC(=O)C(CCSC)NC(=O)Cc1n[nH]c(=O)c2ccccc12. The number of carbonyl (C=O) groups excluding carboxylic acids is 2.